The Kier molecular flexibility index (Phi) is 6.39. The highest BCUT2D eigenvalue weighted by Crippen LogP contribution is 2.24. The molecule has 142 valence electrons. The van der Waals surface area contributed by atoms with Crippen molar-refractivity contribution >= 4 is 33.3 Å². The summed E-state index contributed by atoms with van der Waals surface area (Å²) in [6, 6.07) is 13.5. The summed E-state index contributed by atoms with van der Waals surface area (Å²) in [5.74, 6) is -0.562. The van der Waals surface area contributed by atoms with Crippen LogP contribution in [0.4, 0.5) is 10.1 Å². The van der Waals surface area contributed by atoms with Gasteiger partial charge in [0.05, 0.1) is 11.7 Å². The smallest absolute Gasteiger partial charge is 0.241 e. The number of amides is 1. The molecule has 6 heteroatoms. The molecule has 2 aromatic rings. The number of carbonyl (C=O) groups is 2. The SMILES string of the molecule is CC(C(=O)Nc1ccc(Br)cc1F)N1CCC(C(=O)c2ccccc2)CC1. The summed E-state index contributed by atoms with van der Waals surface area (Å²) in [4.78, 5) is 27.1. The molecule has 1 aliphatic heterocycles. The molecule has 1 atom stereocenters. The summed E-state index contributed by atoms with van der Waals surface area (Å²) in [6.07, 6.45) is 1.44. The fourth-order valence-corrected chi connectivity index (χ4v) is 3.71. The minimum atomic E-state index is -0.475. The number of likely N-dealkylation sites (tertiary alicyclic amines) is 1. The number of nitrogens with zero attached hydrogens (tertiary/aromatic N) is 1. The van der Waals surface area contributed by atoms with Gasteiger partial charge in [0.15, 0.2) is 5.78 Å². The zero-order valence-electron chi connectivity index (χ0n) is 15.1. The first-order chi connectivity index (χ1) is 13.0. The van der Waals surface area contributed by atoms with Gasteiger partial charge in [0.1, 0.15) is 5.82 Å². The van der Waals surface area contributed by atoms with Gasteiger partial charge >= 0.3 is 0 Å². The fraction of sp³-hybridized carbons (Fsp3) is 0.333. The van der Waals surface area contributed by atoms with Crippen molar-refractivity contribution in [2.24, 2.45) is 5.92 Å². The maximum atomic E-state index is 13.9. The number of carbonyl (C=O) groups excluding carboxylic acids is 2. The van der Waals surface area contributed by atoms with E-state index in [1.54, 1.807) is 6.07 Å². The average Bonchev–Trinajstić information content (AvgIpc) is 2.69. The number of rotatable bonds is 5. The van der Waals surface area contributed by atoms with E-state index in [1.807, 2.05) is 42.2 Å². The number of anilines is 1. The third kappa shape index (κ3) is 4.82. The third-order valence-corrected chi connectivity index (χ3v) is 5.57. The maximum Gasteiger partial charge on any atom is 0.241 e. The first-order valence-corrected chi connectivity index (χ1v) is 9.84. The molecule has 1 amide bonds. The second-order valence-electron chi connectivity index (χ2n) is 6.83. The molecule has 1 aliphatic rings. The number of hydrogen-bond donors (Lipinski definition) is 1. The van der Waals surface area contributed by atoms with Crippen LogP contribution < -0.4 is 5.32 Å². The van der Waals surface area contributed by atoms with Crippen LogP contribution in [0.15, 0.2) is 53.0 Å². The van der Waals surface area contributed by atoms with E-state index in [0.29, 0.717) is 17.6 Å². The van der Waals surface area contributed by atoms with E-state index < -0.39 is 5.82 Å². The van der Waals surface area contributed by atoms with Crippen molar-refractivity contribution < 1.29 is 14.0 Å². The van der Waals surface area contributed by atoms with Gasteiger partial charge in [-0.3, -0.25) is 14.5 Å². The Hall–Kier alpha value is -2.05. The van der Waals surface area contributed by atoms with Crippen LogP contribution >= 0.6 is 15.9 Å². The summed E-state index contributed by atoms with van der Waals surface area (Å²) in [5, 5.41) is 2.65. The van der Waals surface area contributed by atoms with E-state index in [1.165, 1.54) is 12.1 Å². The van der Waals surface area contributed by atoms with Gasteiger partial charge in [0.2, 0.25) is 5.91 Å². The lowest BCUT2D eigenvalue weighted by Crippen LogP contribution is -2.47. The molecule has 0 spiro atoms. The normalized spacial score (nSPS) is 16.7. The monoisotopic (exact) mass is 432 g/mol. The molecule has 0 saturated carbocycles. The predicted molar refractivity (Wildman–Crippen MR) is 107 cm³/mol. The highest BCUT2D eigenvalue weighted by Gasteiger charge is 2.30. The Balaban J connectivity index is 1.55. The van der Waals surface area contributed by atoms with Crippen LogP contribution in [0.1, 0.15) is 30.1 Å². The Morgan fingerprint density at radius 3 is 2.44 bits per heavy atom. The first-order valence-electron chi connectivity index (χ1n) is 9.05. The van der Waals surface area contributed by atoms with Gasteiger partial charge in [-0.1, -0.05) is 46.3 Å². The van der Waals surface area contributed by atoms with Crippen molar-refractivity contribution in [3.8, 4) is 0 Å². The standard InChI is InChI=1S/C21H22BrFN2O2/c1-14(21(27)24-19-8-7-17(22)13-18(19)23)25-11-9-16(10-12-25)20(26)15-5-3-2-4-6-15/h2-8,13-14,16H,9-12H2,1H3,(H,24,27). The van der Waals surface area contributed by atoms with Crippen molar-refractivity contribution in [1.82, 2.24) is 4.90 Å². The molecule has 2 aromatic carbocycles. The van der Waals surface area contributed by atoms with Crippen molar-refractivity contribution in [2.45, 2.75) is 25.8 Å². The van der Waals surface area contributed by atoms with Crippen LogP contribution in [-0.2, 0) is 4.79 Å². The number of ketones is 1. The van der Waals surface area contributed by atoms with Crippen LogP contribution in [0, 0.1) is 11.7 Å². The van der Waals surface area contributed by atoms with Gasteiger partial charge in [0, 0.05) is 16.0 Å². The molecular weight excluding hydrogens is 411 g/mol. The number of hydrogen-bond acceptors (Lipinski definition) is 3. The van der Waals surface area contributed by atoms with Crippen LogP contribution in [-0.4, -0.2) is 35.7 Å². The lowest BCUT2D eigenvalue weighted by atomic mass is 9.88. The van der Waals surface area contributed by atoms with Gasteiger partial charge in [-0.05, 0) is 51.1 Å². The van der Waals surface area contributed by atoms with E-state index in [2.05, 4.69) is 21.2 Å². The zero-order chi connectivity index (χ0) is 19.4. The van der Waals surface area contributed by atoms with E-state index in [4.69, 9.17) is 0 Å². The van der Waals surface area contributed by atoms with Crippen molar-refractivity contribution in [3.05, 3.63) is 64.4 Å². The van der Waals surface area contributed by atoms with Crippen LogP contribution in [0.3, 0.4) is 0 Å². The summed E-state index contributed by atoms with van der Waals surface area (Å²) in [5.41, 5.74) is 0.914. The molecule has 4 nitrogen and oxygen atoms in total. The predicted octanol–water partition coefficient (Wildman–Crippen LogP) is 4.51. The molecule has 0 aromatic heterocycles. The fourth-order valence-electron chi connectivity index (χ4n) is 3.38. The quantitative estimate of drug-likeness (QED) is 0.706. The Bertz CT molecular complexity index is 820. The van der Waals surface area contributed by atoms with Gasteiger partial charge < -0.3 is 5.32 Å². The topological polar surface area (TPSA) is 49.4 Å². The van der Waals surface area contributed by atoms with Crippen molar-refractivity contribution in [1.29, 1.82) is 0 Å². The molecule has 1 unspecified atom stereocenters. The Morgan fingerprint density at radius 1 is 1.15 bits per heavy atom. The van der Waals surface area contributed by atoms with Gasteiger partial charge in [-0.15, -0.1) is 0 Å². The van der Waals surface area contributed by atoms with Crippen LogP contribution in [0.5, 0.6) is 0 Å². The Labute approximate surface area is 166 Å². The molecule has 3 rings (SSSR count). The van der Waals surface area contributed by atoms with Gasteiger partial charge in [-0.2, -0.15) is 0 Å². The van der Waals surface area contributed by atoms with Crippen LogP contribution in [0.25, 0.3) is 0 Å². The summed E-state index contributed by atoms with van der Waals surface area (Å²) >= 11 is 3.20. The highest BCUT2D eigenvalue weighted by molar-refractivity contribution is 9.10. The lowest BCUT2D eigenvalue weighted by Gasteiger charge is -2.34. The Morgan fingerprint density at radius 2 is 1.81 bits per heavy atom. The minimum absolute atomic E-state index is 0.0113. The number of benzene rings is 2. The first kappa shape index (κ1) is 19.7. The molecule has 0 bridgehead atoms. The van der Waals surface area contributed by atoms with E-state index >= 15 is 0 Å². The molecule has 1 heterocycles. The zero-order valence-corrected chi connectivity index (χ0v) is 16.7. The summed E-state index contributed by atoms with van der Waals surface area (Å²) < 4.78 is 14.5. The minimum Gasteiger partial charge on any atom is -0.322 e. The van der Waals surface area contributed by atoms with Crippen molar-refractivity contribution in [3.63, 3.8) is 0 Å². The van der Waals surface area contributed by atoms with E-state index in [9.17, 15) is 14.0 Å². The lowest BCUT2D eigenvalue weighted by molar-refractivity contribution is -0.121. The second-order valence-corrected chi connectivity index (χ2v) is 7.75. The van der Waals surface area contributed by atoms with E-state index in [-0.39, 0.29) is 29.3 Å². The number of nitrogens with one attached hydrogen (secondary N) is 1. The molecule has 0 aliphatic carbocycles. The molecule has 1 fully saturated rings. The number of piperidine rings is 1. The van der Waals surface area contributed by atoms with Gasteiger partial charge in [-0.25, -0.2) is 4.39 Å². The van der Waals surface area contributed by atoms with Crippen LogP contribution in [0.2, 0.25) is 0 Å². The van der Waals surface area contributed by atoms with E-state index in [0.717, 1.165) is 18.4 Å². The largest absolute Gasteiger partial charge is 0.322 e. The molecular formula is C21H22BrFN2O2. The molecule has 1 saturated heterocycles. The second kappa shape index (κ2) is 8.76. The maximum absolute atomic E-state index is 13.9. The van der Waals surface area contributed by atoms with Crippen molar-refractivity contribution in [2.75, 3.05) is 18.4 Å². The van der Waals surface area contributed by atoms with Gasteiger partial charge in [0.25, 0.3) is 0 Å². The number of halogens is 2. The summed E-state index contributed by atoms with van der Waals surface area (Å²) in [6.45, 7) is 3.15. The number of Topliss-reactive ketones (excluding diaryl/α,β-unsaturated/α-hetero) is 1. The molecule has 27 heavy (non-hydrogen) atoms. The molecule has 1 N–H and O–H groups in total. The average molecular weight is 433 g/mol. The molecule has 0 radical (unpaired) electrons. The highest BCUT2D eigenvalue weighted by atomic mass is 79.9. The third-order valence-electron chi connectivity index (χ3n) is 5.07. The summed E-state index contributed by atoms with van der Waals surface area (Å²) in [7, 11) is 0.